The molecule has 0 aliphatic heterocycles. The summed E-state index contributed by atoms with van der Waals surface area (Å²) < 4.78 is 10.9. The SMILES string of the molecule is CCOc1ccc(CCc2nc3ncc(-c4ccco4)cc3[nH]2)cc1. The number of aromatic nitrogens is 3. The van der Waals surface area contributed by atoms with Crippen LogP contribution in [0.3, 0.4) is 0 Å². The number of nitrogens with zero attached hydrogens (tertiary/aromatic N) is 2. The number of imidazole rings is 1. The van der Waals surface area contributed by atoms with Crippen molar-refractivity contribution < 1.29 is 9.15 Å². The van der Waals surface area contributed by atoms with Gasteiger partial charge in [-0.2, -0.15) is 0 Å². The lowest BCUT2D eigenvalue weighted by Crippen LogP contribution is -1.95. The Balaban J connectivity index is 1.48. The molecule has 5 heteroatoms. The second kappa shape index (κ2) is 6.81. The molecule has 3 heterocycles. The maximum absolute atomic E-state index is 5.47. The third-order valence-corrected chi connectivity index (χ3v) is 4.08. The minimum absolute atomic E-state index is 0.686. The second-order valence-electron chi connectivity index (χ2n) is 5.83. The average molecular weight is 333 g/mol. The fraction of sp³-hybridized carbons (Fsp3) is 0.200. The van der Waals surface area contributed by atoms with E-state index in [-0.39, 0.29) is 0 Å². The van der Waals surface area contributed by atoms with E-state index in [4.69, 9.17) is 9.15 Å². The number of fused-ring (bicyclic) bond motifs is 1. The van der Waals surface area contributed by atoms with Crippen molar-refractivity contribution in [2.24, 2.45) is 0 Å². The van der Waals surface area contributed by atoms with Gasteiger partial charge < -0.3 is 14.1 Å². The van der Waals surface area contributed by atoms with Crippen molar-refractivity contribution in [3.05, 3.63) is 66.3 Å². The van der Waals surface area contributed by atoms with E-state index in [1.807, 2.05) is 37.3 Å². The number of rotatable bonds is 6. The zero-order chi connectivity index (χ0) is 17.1. The van der Waals surface area contributed by atoms with Gasteiger partial charge in [0.2, 0.25) is 0 Å². The summed E-state index contributed by atoms with van der Waals surface area (Å²) in [6.07, 6.45) is 5.20. The van der Waals surface area contributed by atoms with Crippen LogP contribution in [-0.2, 0) is 12.8 Å². The molecule has 0 radical (unpaired) electrons. The summed E-state index contributed by atoms with van der Waals surface area (Å²) in [6.45, 7) is 2.67. The van der Waals surface area contributed by atoms with Gasteiger partial charge in [0.05, 0.1) is 18.4 Å². The number of furan rings is 1. The molecule has 0 saturated heterocycles. The third kappa shape index (κ3) is 3.40. The fourth-order valence-electron chi connectivity index (χ4n) is 2.83. The Morgan fingerprint density at radius 1 is 1.12 bits per heavy atom. The van der Waals surface area contributed by atoms with Crippen molar-refractivity contribution in [3.8, 4) is 17.1 Å². The fourth-order valence-corrected chi connectivity index (χ4v) is 2.83. The van der Waals surface area contributed by atoms with Crippen LogP contribution in [0, 0.1) is 0 Å². The number of H-pyrrole nitrogens is 1. The topological polar surface area (TPSA) is 63.9 Å². The predicted molar refractivity (Wildman–Crippen MR) is 96.6 cm³/mol. The van der Waals surface area contributed by atoms with Crippen molar-refractivity contribution in [3.63, 3.8) is 0 Å². The molecule has 0 amide bonds. The van der Waals surface area contributed by atoms with Crippen LogP contribution >= 0.6 is 0 Å². The molecule has 4 rings (SSSR count). The van der Waals surface area contributed by atoms with Crippen LogP contribution in [0.5, 0.6) is 5.75 Å². The van der Waals surface area contributed by atoms with Crippen molar-refractivity contribution in [1.29, 1.82) is 0 Å². The van der Waals surface area contributed by atoms with Gasteiger partial charge in [0, 0.05) is 18.2 Å². The van der Waals surface area contributed by atoms with Crippen molar-refractivity contribution in [2.75, 3.05) is 6.61 Å². The lowest BCUT2D eigenvalue weighted by Gasteiger charge is -2.04. The minimum atomic E-state index is 0.686. The monoisotopic (exact) mass is 333 g/mol. The molecule has 5 nitrogen and oxygen atoms in total. The van der Waals surface area contributed by atoms with Crippen LogP contribution < -0.4 is 4.74 Å². The van der Waals surface area contributed by atoms with Gasteiger partial charge in [-0.25, -0.2) is 9.97 Å². The standard InChI is InChI=1S/C20H19N3O2/c1-2-24-16-8-5-14(6-9-16)7-10-19-22-17-12-15(13-21-20(17)23-19)18-4-3-11-25-18/h3-6,8-9,11-13H,2,7,10H2,1H3,(H,21,22,23). The van der Waals surface area contributed by atoms with Crippen LogP contribution in [0.2, 0.25) is 0 Å². The van der Waals surface area contributed by atoms with Gasteiger partial charge in [0.25, 0.3) is 0 Å². The second-order valence-corrected chi connectivity index (χ2v) is 5.83. The molecule has 0 spiro atoms. The van der Waals surface area contributed by atoms with Crippen molar-refractivity contribution in [2.45, 2.75) is 19.8 Å². The van der Waals surface area contributed by atoms with Gasteiger partial charge in [-0.1, -0.05) is 12.1 Å². The Labute approximate surface area is 145 Å². The zero-order valence-corrected chi connectivity index (χ0v) is 14.0. The molecule has 0 fully saturated rings. The van der Waals surface area contributed by atoms with Crippen LogP contribution in [0.1, 0.15) is 18.3 Å². The Kier molecular flexibility index (Phi) is 4.21. The zero-order valence-electron chi connectivity index (χ0n) is 14.0. The first-order chi connectivity index (χ1) is 12.3. The largest absolute Gasteiger partial charge is 0.494 e. The van der Waals surface area contributed by atoms with Crippen LogP contribution in [0.25, 0.3) is 22.5 Å². The quantitative estimate of drug-likeness (QED) is 0.568. The summed E-state index contributed by atoms with van der Waals surface area (Å²) in [5, 5.41) is 0. The van der Waals surface area contributed by atoms with E-state index in [2.05, 4.69) is 27.1 Å². The lowest BCUT2D eigenvalue weighted by molar-refractivity contribution is 0.340. The van der Waals surface area contributed by atoms with E-state index in [0.717, 1.165) is 46.9 Å². The summed E-state index contributed by atoms with van der Waals surface area (Å²) in [6, 6.07) is 14.0. The number of hydrogen-bond acceptors (Lipinski definition) is 4. The summed E-state index contributed by atoms with van der Waals surface area (Å²) in [7, 11) is 0. The molecule has 126 valence electrons. The van der Waals surface area contributed by atoms with Crippen LogP contribution in [-0.4, -0.2) is 21.6 Å². The first-order valence-electron chi connectivity index (χ1n) is 8.42. The summed E-state index contributed by atoms with van der Waals surface area (Å²) in [4.78, 5) is 12.4. The maximum atomic E-state index is 5.47. The van der Waals surface area contributed by atoms with Crippen molar-refractivity contribution in [1.82, 2.24) is 15.0 Å². The first kappa shape index (κ1) is 15.4. The molecule has 0 unspecified atom stereocenters. The van der Waals surface area contributed by atoms with Gasteiger partial charge in [-0.05, 0) is 49.2 Å². The lowest BCUT2D eigenvalue weighted by atomic mass is 10.1. The molecule has 0 saturated carbocycles. The van der Waals surface area contributed by atoms with E-state index in [1.54, 1.807) is 12.5 Å². The molecule has 25 heavy (non-hydrogen) atoms. The van der Waals surface area contributed by atoms with Crippen LogP contribution in [0.4, 0.5) is 0 Å². The van der Waals surface area contributed by atoms with Crippen molar-refractivity contribution >= 4 is 11.2 Å². The molecule has 1 aromatic carbocycles. The molecule has 0 atom stereocenters. The molecular formula is C20H19N3O2. The van der Waals surface area contributed by atoms with E-state index in [0.29, 0.717) is 6.61 Å². The number of pyridine rings is 1. The number of hydrogen-bond donors (Lipinski definition) is 1. The summed E-state index contributed by atoms with van der Waals surface area (Å²) >= 11 is 0. The van der Waals surface area contributed by atoms with Gasteiger partial charge in [0.15, 0.2) is 5.65 Å². The first-order valence-corrected chi connectivity index (χ1v) is 8.42. The Morgan fingerprint density at radius 3 is 2.76 bits per heavy atom. The van der Waals surface area contributed by atoms with E-state index in [9.17, 15) is 0 Å². The highest BCUT2D eigenvalue weighted by molar-refractivity contribution is 5.76. The Bertz CT molecular complexity index is 956. The highest BCUT2D eigenvalue weighted by Gasteiger charge is 2.08. The summed E-state index contributed by atoms with van der Waals surface area (Å²) in [5.74, 6) is 2.65. The number of aromatic amines is 1. The summed E-state index contributed by atoms with van der Waals surface area (Å²) in [5.41, 5.74) is 3.86. The van der Waals surface area contributed by atoms with Gasteiger partial charge in [-0.15, -0.1) is 0 Å². The highest BCUT2D eigenvalue weighted by atomic mass is 16.5. The molecule has 4 aromatic rings. The van der Waals surface area contributed by atoms with Crippen LogP contribution in [0.15, 0.2) is 59.3 Å². The predicted octanol–water partition coefficient (Wildman–Crippen LogP) is 4.40. The maximum Gasteiger partial charge on any atom is 0.177 e. The molecule has 1 N–H and O–H groups in total. The number of benzene rings is 1. The van der Waals surface area contributed by atoms with E-state index in [1.165, 1.54) is 5.56 Å². The van der Waals surface area contributed by atoms with Gasteiger partial charge in [-0.3, -0.25) is 0 Å². The smallest absolute Gasteiger partial charge is 0.177 e. The Hall–Kier alpha value is -3.08. The molecule has 3 aromatic heterocycles. The number of ether oxygens (including phenoxy) is 1. The molecule has 0 bridgehead atoms. The number of aryl methyl sites for hydroxylation is 2. The Morgan fingerprint density at radius 2 is 2.00 bits per heavy atom. The van der Waals surface area contributed by atoms with Gasteiger partial charge >= 0.3 is 0 Å². The third-order valence-electron chi connectivity index (χ3n) is 4.08. The molecule has 0 aliphatic carbocycles. The highest BCUT2D eigenvalue weighted by Crippen LogP contribution is 2.22. The average Bonchev–Trinajstić information content (AvgIpc) is 3.30. The van der Waals surface area contributed by atoms with E-state index < -0.39 is 0 Å². The normalized spacial score (nSPS) is 11.1. The minimum Gasteiger partial charge on any atom is -0.494 e. The molecular weight excluding hydrogens is 314 g/mol. The van der Waals surface area contributed by atoms with Gasteiger partial charge in [0.1, 0.15) is 17.3 Å². The van der Waals surface area contributed by atoms with E-state index >= 15 is 0 Å². The molecule has 0 aliphatic rings. The number of nitrogens with one attached hydrogen (secondary N) is 1.